The van der Waals surface area contributed by atoms with Crippen LogP contribution in [0, 0.1) is 18.8 Å². The Morgan fingerprint density at radius 1 is 1.47 bits per heavy atom. The van der Waals surface area contributed by atoms with Crippen LogP contribution in [0.4, 0.5) is 0 Å². The maximum Gasteiger partial charge on any atom is 0.306 e. The lowest BCUT2D eigenvalue weighted by Gasteiger charge is -2.10. The van der Waals surface area contributed by atoms with E-state index in [1.807, 2.05) is 13.1 Å². The van der Waals surface area contributed by atoms with Crippen LogP contribution in [0.25, 0.3) is 0 Å². The summed E-state index contributed by atoms with van der Waals surface area (Å²) in [5, 5.41) is 15.9. The van der Waals surface area contributed by atoms with Crippen LogP contribution in [0.5, 0.6) is 0 Å². The number of carboxylic acid groups (broad SMARTS) is 1. The fraction of sp³-hybridized carbons (Fsp3) is 0.615. The molecular weight excluding hydrogens is 246 g/mol. The minimum atomic E-state index is -0.790. The summed E-state index contributed by atoms with van der Waals surface area (Å²) in [5.41, 5.74) is 1.09. The number of carbonyl (C=O) groups excluding carboxylic acids is 1. The van der Waals surface area contributed by atoms with Gasteiger partial charge in [0.2, 0.25) is 5.91 Å². The molecule has 1 amide bonds. The molecule has 6 nitrogen and oxygen atoms in total. The Kier molecular flexibility index (Phi) is 4.19. The zero-order valence-corrected chi connectivity index (χ0v) is 11.0. The van der Waals surface area contributed by atoms with Crippen LogP contribution in [0.3, 0.4) is 0 Å². The molecule has 0 aromatic carbocycles. The van der Waals surface area contributed by atoms with Crippen molar-refractivity contribution in [1.82, 2.24) is 15.1 Å². The monoisotopic (exact) mass is 265 g/mol. The molecule has 1 aromatic heterocycles. The SMILES string of the molecule is Cc1cnn(CCNC(=O)C2CCC(C(=O)O)C2)c1. The molecular formula is C13H19N3O3. The quantitative estimate of drug-likeness (QED) is 0.825. The van der Waals surface area contributed by atoms with Crippen LogP contribution in [0.1, 0.15) is 24.8 Å². The van der Waals surface area contributed by atoms with E-state index in [-0.39, 0.29) is 17.7 Å². The van der Waals surface area contributed by atoms with Gasteiger partial charge in [0.25, 0.3) is 0 Å². The second-order valence-corrected chi connectivity index (χ2v) is 5.12. The lowest BCUT2D eigenvalue weighted by molar-refractivity contribution is -0.141. The van der Waals surface area contributed by atoms with E-state index < -0.39 is 5.97 Å². The van der Waals surface area contributed by atoms with E-state index >= 15 is 0 Å². The van der Waals surface area contributed by atoms with Crippen molar-refractivity contribution in [2.75, 3.05) is 6.54 Å². The Morgan fingerprint density at radius 2 is 2.21 bits per heavy atom. The zero-order chi connectivity index (χ0) is 13.8. The van der Waals surface area contributed by atoms with Crippen LogP contribution in [-0.4, -0.2) is 33.3 Å². The van der Waals surface area contributed by atoms with Crippen LogP contribution in [0.15, 0.2) is 12.4 Å². The molecule has 1 aliphatic carbocycles. The lowest BCUT2D eigenvalue weighted by atomic mass is 10.0. The molecule has 6 heteroatoms. The third kappa shape index (κ3) is 3.56. The molecule has 0 saturated heterocycles. The van der Waals surface area contributed by atoms with E-state index in [9.17, 15) is 9.59 Å². The topological polar surface area (TPSA) is 84.2 Å². The summed E-state index contributed by atoms with van der Waals surface area (Å²) in [5.74, 6) is -1.33. The van der Waals surface area contributed by atoms with Crippen molar-refractivity contribution in [2.45, 2.75) is 32.7 Å². The van der Waals surface area contributed by atoms with Crippen molar-refractivity contribution in [3.05, 3.63) is 18.0 Å². The standard InChI is InChI=1S/C13H19N3O3/c1-9-7-15-16(8-9)5-4-14-12(17)10-2-3-11(6-10)13(18)19/h7-8,10-11H,2-6H2,1H3,(H,14,17)(H,18,19). The number of amides is 1. The molecule has 0 bridgehead atoms. The molecule has 0 spiro atoms. The molecule has 1 heterocycles. The summed E-state index contributed by atoms with van der Waals surface area (Å²) in [7, 11) is 0. The first-order valence-electron chi connectivity index (χ1n) is 6.56. The third-order valence-electron chi connectivity index (χ3n) is 3.56. The number of aliphatic carboxylic acids is 1. The van der Waals surface area contributed by atoms with Crippen LogP contribution < -0.4 is 5.32 Å². The number of nitrogens with one attached hydrogen (secondary N) is 1. The fourth-order valence-corrected chi connectivity index (χ4v) is 2.47. The fourth-order valence-electron chi connectivity index (χ4n) is 2.47. The third-order valence-corrected chi connectivity index (χ3v) is 3.56. The first-order valence-corrected chi connectivity index (χ1v) is 6.56. The second kappa shape index (κ2) is 5.86. The van der Waals surface area contributed by atoms with Crippen molar-refractivity contribution in [3.63, 3.8) is 0 Å². The van der Waals surface area contributed by atoms with Gasteiger partial charge >= 0.3 is 5.97 Å². The van der Waals surface area contributed by atoms with Gasteiger partial charge in [-0.15, -0.1) is 0 Å². The van der Waals surface area contributed by atoms with Gasteiger partial charge in [-0.05, 0) is 31.7 Å². The number of aryl methyl sites for hydroxylation is 1. The summed E-state index contributed by atoms with van der Waals surface area (Å²) in [6.07, 6.45) is 5.43. The average Bonchev–Trinajstić information content (AvgIpc) is 2.98. The molecule has 2 rings (SSSR count). The summed E-state index contributed by atoms with van der Waals surface area (Å²) >= 11 is 0. The lowest BCUT2D eigenvalue weighted by Crippen LogP contribution is -2.32. The van der Waals surface area contributed by atoms with Crippen LogP contribution in [-0.2, 0) is 16.1 Å². The highest BCUT2D eigenvalue weighted by molar-refractivity contribution is 5.80. The van der Waals surface area contributed by atoms with E-state index in [2.05, 4.69) is 10.4 Å². The van der Waals surface area contributed by atoms with Crippen molar-refractivity contribution in [1.29, 1.82) is 0 Å². The molecule has 1 fully saturated rings. The van der Waals surface area contributed by atoms with Gasteiger partial charge in [0, 0.05) is 18.7 Å². The van der Waals surface area contributed by atoms with Crippen molar-refractivity contribution in [2.24, 2.45) is 11.8 Å². The van der Waals surface area contributed by atoms with Gasteiger partial charge in [-0.25, -0.2) is 0 Å². The van der Waals surface area contributed by atoms with Gasteiger partial charge in [0.1, 0.15) is 0 Å². The molecule has 104 valence electrons. The highest BCUT2D eigenvalue weighted by Gasteiger charge is 2.33. The Hall–Kier alpha value is -1.85. The van der Waals surface area contributed by atoms with E-state index in [1.165, 1.54) is 0 Å². The summed E-state index contributed by atoms with van der Waals surface area (Å²) < 4.78 is 1.78. The molecule has 2 atom stereocenters. The zero-order valence-electron chi connectivity index (χ0n) is 11.0. The van der Waals surface area contributed by atoms with Crippen molar-refractivity contribution >= 4 is 11.9 Å². The number of hydrogen-bond acceptors (Lipinski definition) is 3. The predicted molar refractivity (Wildman–Crippen MR) is 68.4 cm³/mol. The van der Waals surface area contributed by atoms with E-state index in [4.69, 9.17) is 5.11 Å². The molecule has 1 aliphatic rings. The Bertz CT molecular complexity index is 469. The van der Waals surface area contributed by atoms with E-state index in [0.29, 0.717) is 32.4 Å². The van der Waals surface area contributed by atoms with Gasteiger partial charge < -0.3 is 10.4 Å². The molecule has 1 aromatic rings. The van der Waals surface area contributed by atoms with E-state index in [0.717, 1.165) is 5.56 Å². The molecule has 0 aliphatic heterocycles. The predicted octanol–water partition coefficient (Wildman–Crippen LogP) is 0.809. The molecule has 0 radical (unpaired) electrons. The Morgan fingerprint density at radius 3 is 2.79 bits per heavy atom. The normalized spacial score (nSPS) is 22.4. The summed E-state index contributed by atoms with van der Waals surface area (Å²) in [6, 6.07) is 0. The van der Waals surface area contributed by atoms with Gasteiger partial charge in [-0.2, -0.15) is 5.10 Å². The Balaban J connectivity index is 1.72. The number of hydrogen-bond donors (Lipinski definition) is 2. The van der Waals surface area contributed by atoms with Crippen LogP contribution in [0.2, 0.25) is 0 Å². The largest absolute Gasteiger partial charge is 0.481 e. The Labute approximate surface area is 111 Å². The number of nitrogens with zero attached hydrogens (tertiary/aromatic N) is 2. The van der Waals surface area contributed by atoms with Gasteiger partial charge in [-0.1, -0.05) is 0 Å². The highest BCUT2D eigenvalue weighted by Crippen LogP contribution is 2.30. The summed E-state index contributed by atoms with van der Waals surface area (Å²) in [4.78, 5) is 22.7. The number of carbonyl (C=O) groups is 2. The number of carboxylic acids is 1. The minimum absolute atomic E-state index is 0.0346. The molecule has 1 saturated carbocycles. The first-order chi connectivity index (χ1) is 9.06. The van der Waals surface area contributed by atoms with Crippen LogP contribution >= 0.6 is 0 Å². The highest BCUT2D eigenvalue weighted by atomic mass is 16.4. The van der Waals surface area contributed by atoms with Crippen molar-refractivity contribution < 1.29 is 14.7 Å². The van der Waals surface area contributed by atoms with Crippen molar-refractivity contribution in [3.8, 4) is 0 Å². The molecule has 19 heavy (non-hydrogen) atoms. The minimum Gasteiger partial charge on any atom is -0.481 e. The summed E-state index contributed by atoms with van der Waals surface area (Å²) in [6.45, 7) is 3.12. The smallest absolute Gasteiger partial charge is 0.306 e. The van der Waals surface area contributed by atoms with Gasteiger partial charge in [-0.3, -0.25) is 14.3 Å². The second-order valence-electron chi connectivity index (χ2n) is 5.12. The maximum atomic E-state index is 11.9. The molecule has 2 unspecified atom stereocenters. The maximum absolute atomic E-state index is 11.9. The van der Waals surface area contributed by atoms with Gasteiger partial charge in [0.05, 0.1) is 18.7 Å². The van der Waals surface area contributed by atoms with E-state index in [1.54, 1.807) is 10.9 Å². The average molecular weight is 265 g/mol. The molecule has 2 N–H and O–H groups in total. The first kappa shape index (κ1) is 13.6. The number of rotatable bonds is 5. The number of aromatic nitrogens is 2. The van der Waals surface area contributed by atoms with Gasteiger partial charge in [0.15, 0.2) is 0 Å².